The van der Waals surface area contributed by atoms with E-state index in [0.717, 1.165) is 18.4 Å². The van der Waals surface area contributed by atoms with Crippen molar-refractivity contribution in [1.82, 2.24) is 4.90 Å². The fourth-order valence-electron chi connectivity index (χ4n) is 1.83. The molecule has 0 atom stereocenters. The average molecular weight is 236 g/mol. The summed E-state index contributed by atoms with van der Waals surface area (Å²) in [7, 11) is 2.08. The molecule has 1 rings (SSSR count). The Kier molecular flexibility index (Phi) is 4.00. The monoisotopic (exact) mass is 235 g/mol. The fourth-order valence-corrected chi connectivity index (χ4v) is 2.57. The van der Waals surface area contributed by atoms with Crippen LogP contribution in [-0.4, -0.2) is 42.1 Å². The molecule has 1 saturated carbocycles. The first kappa shape index (κ1) is 10.5. The molecule has 0 heterocycles. The van der Waals surface area contributed by atoms with E-state index in [4.69, 9.17) is 5.11 Å². The molecule has 12 heavy (non-hydrogen) atoms. The number of likely N-dealkylation sites (N-methyl/N-ethyl adjacent to an activating group) is 1. The van der Waals surface area contributed by atoms with Gasteiger partial charge in [0.05, 0.1) is 6.61 Å². The van der Waals surface area contributed by atoms with Crippen LogP contribution in [0.15, 0.2) is 0 Å². The summed E-state index contributed by atoms with van der Waals surface area (Å²) >= 11 is 3.57. The molecule has 0 spiro atoms. The van der Waals surface area contributed by atoms with Crippen LogP contribution in [0, 0.1) is 5.41 Å². The number of aliphatic hydroxyl groups is 1. The van der Waals surface area contributed by atoms with Gasteiger partial charge in [0.1, 0.15) is 0 Å². The van der Waals surface area contributed by atoms with Crippen molar-refractivity contribution in [2.24, 2.45) is 5.41 Å². The summed E-state index contributed by atoms with van der Waals surface area (Å²) in [5, 5.41) is 9.85. The number of aliphatic hydroxyl groups excluding tert-OH is 1. The molecule has 1 N–H and O–H groups in total. The highest BCUT2D eigenvalue weighted by atomic mass is 79.9. The molecule has 0 aromatic carbocycles. The molecule has 0 aromatic heterocycles. The quantitative estimate of drug-likeness (QED) is 0.731. The molecule has 1 aliphatic carbocycles. The fraction of sp³-hybridized carbons (Fsp3) is 1.00. The van der Waals surface area contributed by atoms with E-state index in [2.05, 4.69) is 27.9 Å². The molecule has 0 aromatic rings. The van der Waals surface area contributed by atoms with Crippen molar-refractivity contribution in [2.45, 2.75) is 19.3 Å². The lowest BCUT2D eigenvalue weighted by Gasteiger charge is -2.43. The lowest BCUT2D eigenvalue weighted by atomic mass is 9.70. The van der Waals surface area contributed by atoms with Crippen LogP contribution < -0.4 is 0 Å². The predicted octanol–water partition coefficient (Wildman–Crippen LogP) is 1.48. The molecule has 0 bridgehead atoms. The summed E-state index contributed by atoms with van der Waals surface area (Å²) in [4.78, 5) is 2.22. The van der Waals surface area contributed by atoms with Crippen molar-refractivity contribution in [2.75, 3.05) is 32.1 Å². The number of hydrogen-bond acceptors (Lipinski definition) is 2. The highest BCUT2D eigenvalue weighted by Crippen LogP contribution is 2.42. The number of halogens is 1. The lowest BCUT2D eigenvalue weighted by molar-refractivity contribution is 0.0947. The summed E-state index contributed by atoms with van der Waals surface area (Å²) < 4.78 is 0. The summed E-state index contributed by atoms with van der Waals surface area (Å²) in [5.74, 6) is 0. The van der Waals surface area contributed by atoms with Crippen molar-refractivity contribution >= 4 is 15.9 Å². The van der Waals surface area contributed by atoms with Crippen LogP contribution in [-0.2, 0) is 0 Å². The maximum Gasteiger partial charge on any atom is 0.0558 e. The summed E-state index contributed by atoms with van der Waals surface area (Å²) in [6.45, 7) is 2.20. The topological polar surface area (TPSA) is 23.5 Å². The zero-order valence-corrected chi connectivity index (χ0v) is 9.31. The van der Waals surface area contributed by atoms with E-state index in [9.17, 15) is 0 Å². The molecular weight excluding hydrogens is 218 g/mol. The Labute approximate surface area is 83.1 Å². The third-order valence-electron chi connectivity index (χ3n) is 2.78. The van der Waals surface area contributed by atoms with E-state index < -0.39 is 0 Å². The second-order valence-electron chi connectivity index (χ2n) is 3.95. The van der Waals surface area contributed by atoms with Gasteiger partial charge in [-0.05, 0) is 25.3 Å². The van der Waals surface area contributed by atoms with Crippen LogP contribution in [0.4, 0.5) is 0 Å². The minimum Gasteiger partial charge on any atom is -0.395 e. The maximum absolute atomic E-state index is 8.74. The standard InChI is InChI=1S/C9H18BrNO/c1-11(5-6-12)8-9(7-10)3-2-4-9/h12H,2-8H2,1H3. The van der Waals surface area contributed by atoms with Crippen LogP contribution in [0.25, 0.3) is 0 Å². The third kappa shape index (κ3) is 2.44. The van der Waals surface area contributed by atoms with Gasteiger partial charge in [-0.1, -0.05) is 22.4 Å². The normalized spacial score (nSPS) is 21.0. The largest absolute Gasteiger partial charge is 0.395 e. The van der Waals surface area contributed by atoms with Crippen molar-refractivity contribution in [3.8, 4) is 0 Å². The van der Waals surface area contributed by atoms with Gasteiger partial charge < -0.3 is 10.0 Å². The first-order chi connectivity index (χ1) is 5.72. The molecule has 0 aliphatic heterocycles. The minimum atomic E-state index is 0.273. The summed E-state index contributed by atoms with van der Waals surface area (Å²) in [6, 6.07) is 0. The molecular formula is C9H18BrNO. The Bertz CT molecular complexity index is 131. The van der Waals surface area contributed by atoms with Crippen LogP contribution in [0.5, 0.6) is 0 Å². The molecule has 0 amide bonds. The van der Waals surface area contributed by atoms with Gasteiger partial charge in [-0.15, -0.1) is 0 Å². The summed E-state index contributed by atoms with van der Waals surface area (Å²) in [6.07, 6.45) is 4.06. The maximum atomic E-state index is 8.74. The lowest BCUT2D eigenvalue weighted by Crippen LogP contribution is -2.42. The molecule has 2 nitrogen and oxygen atoms in total. The zero-order valence-electron chi connectivity index (χ0n) is 7.72. The Hall–Kier alpha value is 0.400. The highest BCUT2D eigenvalue weighted by molar-refractivity contribution is 9.09. The van der Waals surface area contributed by atoms with E-state index in [1.165, 1.54) is 19.3 Å². The van der Waals surface area contributed by atoms with E-state index in [1.54, 1.807) is 0 Å². The first-order valence-corrected chi connectivity index (χ1v) is 5.70. The molecule has 0 unspecified atom stereocenters. The van der Waals surface area contributed by atoms with E-state index in [0.29, 0.717) is 5.41 Å². The van der Waals surface area contributed by atoms with Gasteiger partial charge in [0.15, 0.2) is 0 Å². The van der Waals surface area contributed by atoms with Gasteiger partial charge in [-0.2, -0.15) is 0 Å². The van der Waals surface area contributed by atoms with Gasteiger partial charge in [-0.25, -0.2) is 0 Å². The number of nitrogens with zero attached hydrogens (tertiary/aromatic N) is 1. The predicted molar refractivity (Wildman–Crippen MR) is 54.7 cm³/mol. The smallest absolute Gasteiger partial charge is 0.0558 e. The SMILES string of the molecule is CN(CCO)CC1(CBr)CCC1. The number of alkyl halides is 1. The summed E-state index contributed by atoms with van der Waals surface area (Å²) in [5.41, 5.74) is 0.518. The molecule has 3 heteroatoms. The highest BCUT2D eigenvalue weighted by Gasteiger charge is 2.36. The van der Waals surface area contributed by atoms with Gasteiger partial charge in [0.25, 0.3) is 0 Å². The van der Waals surface area contributed by atoms with Gasteiger partial charge in [-0.3, -0.25) is 0 Å². The molecule has 0 radical (unpaired) electrons. The van der Waals surface area contributed by atoms with Crippen molar-refractivity contribution in [3.05, 3.63) is 0 Å². The molecule has 72 valence electrons. The van der Waals surface area contributed by atoms with Crippen molar-refractivity contribution < 1.29 is 5.11 Å². The van der Waals surface area contributed by atoms with Crippen LogP contribution in [0.2, 0.25) is 0 Å². The second-order valence-corrected chi connectivity index (χ2v) is 4.51. The Morgan fingerprint density at radius 1 is 1.50 bits per heavy atom. The molecule has 1 aliphatic rings. The molecule has 1 fully saturated rings. The van der Waals surface area contributed by atoms with Gasteiger partial charge in [0.2, 0.25) is 0 Å². The Balaban J connectivity index is 2.27. The van der Waals surface area contributed by atoms with E-state index in [1.807, 2.05) is 0 Å². The second kappa shape index (κ2) is 4.58. The van der Waals surface area contributed by atoms with Crippen LogP contribution in [0.1, 0.15) is 19.3 Å². The average Bonchev–Trinajstić information content (AvgIpc) is 1.97. The van der Waals surface area contributed by atoms with Gasteiger partial charge >= 0.3 is 0 Å². The van der Waals surface area contributed by atoms with Crippen LogP contribution in [0.3, 0.4) is 0 Å². The first-order valence-electron chi connectivity index (χ1n) is 4.58. The third-order valence-corrected chi connectivity index (χ3v) is 3.97. The van der Waals surface area contributed by atoms with Crippen LogP contribution >= 0.6 is 15.9 Å². The van der Waals surface area contributed by atoms with Crippen molar-refractivity contribution in [3.63, 3.8) is 0 Å². The zero-order chi connectivity index (χ0) is 9.03. The minimum absolute atomic E-state index is 0.273. The molecule has 0 saturated heterocycles. The van der Waals surface area contributed by atoms with E-state index >= 15 is 0 Å². The number of hydrogen-bond donors (Lipinski definition) is 1. The van der Waals surface area contributed by atoms with Gasteiger partial charge in [0, 0.05) is 18.4 Å². The van der Waals surface area contributed by atoms with E-state index in [-0.39, 0.29) is 6.61 Å². The Morgan fingerprint density at radius 3 is 2.50 bits per heavy atom. The number of rotatable bonds is 5. The Morgan fingerprint density at radius 2 is 2.17 bits per heavy atom. The van der Waals surface area contributed by atoms with Crippen molar-refractivity contribution in [1.29, 1.82) is 0 Å².